The van der Waals surface area contributed by atoms with Crippen molar-refractivity contribution < 1.29 is 14.6 Å². The molecule has 1 unspecified atom stereocenters. The number of hydrogen-bond acceptors (Lipinski definition) is 4. The number of hydrazone groups is 1. The number of ether oxygens (including phenoxy) is 1. The lowest BCUT2D eigenvalue weighted by molar-refractivity contribution is -0.0975. The molecule has 1 heterocycles. The molecule has 6 heteroatoms. The van der Waals surface area contributed by atoms with Gasteiger partial charge in [0.2, 0.25) is 0 Å². The number of carbonyl (C=O) groups excluding carboxylic acids is 1. The van der Waals surface area contributed by atoms with Gasteiger partial charge in [-0.1, -0.05) is 58.4 Å². The van der Waals surface area contributed by atoms with Gasteiger partial charge in [-0.25, -0.2) is 4.79 Å². The fraction of sp³-hybridized carbons (Fsp3) is 0.300. The highest BCUT2D eigenvalue weighted by atomic mass is 79.9. The molecule has 0 saturated heterocycles. The number of hydrogen-bond donors (Lipinski definition) is 1. The Morgan fingerprint density at radius 1 is 1.19 bits per heavy atom. The number of halogens is 1. The van der Waals surface area contributed by atoms with Gasteiger partial charge >= 0.3 is 6.09 Å². The van der Waals surface area contributed by atoms with E-state index in [-0.39, 0.29) is 6.42 Å². The van der Waals surface area contributed by atoms with Gasteiger partial charge in [-0.2, -0.15) is 10.1 Å². The zero-order valence-electron chi connectivity index (χ0n) is 14.9. The molecule has 5 nitrogen and oxygen atoms in total. The quantitative estimate of drug-likeness (QED) is 0.775. The Labute approximate surface area is 161 Å². The first-order valence-electron chi connectivity index (χ1n) is 8.33. The summed E-state index contributed by atoms with van der Waals surface area (Å²) >= 11 is 3.42. The molecule has 0 radical (unpaired) electrons. The van der Waals surface area contributed by atoms with E-state index < -0.39 is 17.4 Å². The lowest BCUT2D eigenvalue weighted by Gasteiger charge is -2.32. The Morgan fingerprint density at radius 3 is 2.50 bits per heavy atom. The van der Waals surface area contributed by atoms with Gasteiger partial charge < -0.3 is 9.84 Å². The molecule has 2 aromatic rings. The minimum atomic E-state index is -1.61. The van der Waals surface area contributed by atoms with Gasteiger partial charge in [0, 0.05) is 16.5 Å². The van der Waals surface area contributed by atoms with Gasteiger partial charge in [-0.15, -0.1) is 0 Å². The van der Waals surface area contributed by atoms with Crippen LogP contribution < -0.4 is 0 Å². The highest BCUT2D eigenvalue weighted by Crippen LogP contribution is 2.38. The third-order valence-electron chi connectivity index (χ3n) is 3.95. The zero-order valence-corrected chi connectivity index (χ0v) is 16.5. The topological polar surface area (TPSA) is 62.1 Å². The standard InChI is InChI=1S/C20H21BrN2O3/c1-19(2,3)26-18(24)23-20(25,15-10-7-11-16(21)12-15)13-17(22-23)14-8-5-4-6-9-14/h4-12,25H,13H2,1-3H3. The summed E-state index contributed by atoms with van der Waals surface area (Å²) in [5.41, 5.74) is -0.268. The normalized spacial score (nSPS) is 20.0. The van der Waals surface area contributed by atoms with Crippen molar-refractivity contribution in [2.24, 2.45) is 5.10 Å². The van der Waals surface area contributed by atoms with Gasteiger partial charge in [-0.3, -0.25) is 0 Å². The van der Waals surface area contributed by atoms with Crippen molar-refractivity contribution >= 4 is 27.7 Å². The maximum atomic E-state index is 12.7. The predicted octanol–water partition coefficient (Wildman–Crippen LogP) is 4.64. The van der Waals surface area contributed by atoms with Crippen LogP contribution in [0.4, 0.5) is 4.79 Å². The summed E-state index contributed by atoms with van der Waals surface area (Å²) in [6, 6.07) is 16.7. The Kier molecular flexibility index (Phi) is 4.90. The smallest absolute Gasteiger partial charge is 0.433 e. The molecule has 2 aromatic carbocycles. The summed E-state index contributed by atoms with van der Waals surface area (Å²) in [4.78, 5) is 12.7. The molecule has 26 heavy (non-hydrogen) atoms. The Balaban J connectivity index is 2.03. The van der Waals surface area contributed by atoms with E-state index in [9.17, 15) is 9.90 Å². The first kappa shape index (κ1) is 18.6. The molecule has 1 amide bonds. The average Bonchev–Trinajstić information content (AvgIpc) is 2.93. The van der Waals surface area contributed by atoms with Gasteiger partial charge in [0.1, 0.15) is 5.60 Å². The number of aliphatic hydroxyl groups is 1. The molecule has 1 atom stereocenters. The van der Waals surface area contributed by atoms with E-state index in [0.717, 1.165) is 15.0 Å². The summed E-state index contributed by atoms with van der Waals surface area (Å²) in [5, 5.41) is 16.9. The number of benzene rings is 2. The van der Waals surface area contributed by atoms with E-state index in [1.807, 2.05) is 42.5 Å². The molecule has 0 spiro atoms. The van der Waals surface area contributed by atoms with Crippen molar-refractivity contribution in [3.63, 3.8) is 0 Å². The van der Waals surface area contributed by atoms with E-state index in [2.05, 4.69) is 21.0 Å². The molecular formula is C20H21BrN2O3. The first-order chi connectivity index (χ1) is 12.2. The molecule has 1 N–H and O–H groups in total. The molecule has 0 bridgehead atoms. The first-order valence-corrected chi connectivity index (χ1v) is 9.13. The molecule has 1 aliphatic rings. The largest absolute Gasteiger partial charge is 0.442 e. The summed E-state index contributed by atoms with van der Waals surface area (Å²) < 4.78 is 6.27. The van der Waals surface area contributed by atoms with Gasteiger partial charge in [0.05, 0.1) is 5.71 Å². The lowest BCUT2D eigenvalue weighted by atomic mass is 9.95. The summed E-state index contributed by atoms with van der Waals surface area (Å²) in [6.45, 7) is 5.34. The van der Waals surface area contributed by atoms with Crippen LogP contribution in [0.1, 0.15) is 38.3 Å². The van der Waals surface area contributed by atoms with Crippen molar-refractivity contribution in [1.82, 2.24) is 5.01 Å². The van der Waals surface area contributed by atoms with Crippen molar-refractivity contribution in [2.45, 2.75) is 38.5 Å². The van der Waals surface area contributed by atoms with E-state index >= 15 is 0 Å². The van der Waals surface area contributed by atoms with E-state index in [1.54, 1.807) is 32.9 Å². The van der Waals surface area contributed by atoms with Gasteiger partial charge in [0.15, 0.2) is 5.72 Å². The maximum absolute atomic E-state index is 12.7. The maximum Gasteiger partial charge on any atom is 0.433 e. The van der Waals surface area contributed by atoms with Crippen LogP contribution in [0.25, 0.3) is 0 Å². The highest BCUT2D eigenvalue weighted by Gasteiger charge is 2.48. The molecule has 0 saturated carbocycles. The number of carbonyl (C=O) groups is 1. The van der Waals surface area contributed by atoms with Crippen LogP contribution in [-0.4, -0.2) is 27.5 Å². The summed E-state index contributed by atoms with van der Waals surface area (Å²) in [6.07, 6.45) is -0.516. The fourth-order valence-corrected chi connectivity index (χ4v) is 3.20. The summed E-state index contributed by atoms with van der Waals surface area (Å²) in [5.74, 6) is 0. The van der Waals surface area contributed by atoms with Crippen LogP contribution in [0.15, 0.2) is 64.2 Å². The second-order valence-corrected chi connectivity index (χ2v) is 8.12. The van der Waals surface area contributed by atoms with Crippen molar-refractivity contribution in [2.75, 3.05) is 0 Å². The number of nitrogens with zero attached hydrogens (tertiary/aromatic N) is 2. The Hall–Kier alpha value is -2.18. The van der Waals surface area contributed by atoms with Crippen LogP contribution in [0, 0.1) is 0 Å². The molecule has 136 valence electrons. The van der Waals surface area contributed by atoms with Crippen LogP contribution in [0.5, 0.6) is 0 Å². The van der Waals surface area contributed by atoms with E-state index in [1.165, 1.54) is 0 Å². The molecule has 0 aliphatic carbocycles. The fourth-order valence-electron chi connectivity index (χ4n) is 2.80. The molecule has 3 rings (SSSR count). The third kappa shape index (κ3) is 3.81. The van der Waals surface area contributed by atoms with E-state index in [4.69, 9.17) is 4.74 Å². The molecule has 0 fully saturated rings. The second kappa shape index (κ2) is 6.85. The minimum Gasteiger partial charge on any atom is -0.442 e. The highest BCUT2D eigenvalue weighted by molar-refractivity contribution is 9.10. The average molecular weight is 417 g/mol. The zero-order chi connectivity index (χ0) is 18.9. The van der Waals surface area contributed by atoms with Crippen LogP contribution in [0.2, 0.25) is 0 Å². The molecular weight excluding hydrogens is 396 g/mol. The van der Waals surface area contributed by atoms with Crippen molar-refractivity contribution in [3.05, 3.63) is 70.2 Å². The minimum absolute atomic E-state index is 0.173. The Bertz CT molecular complexity index is 846. The van der Waals surface area contributed by atoms with Gasteiger partial charge in [-0.05, 0) is 38.5 Å². The van der Waals surface area contributed by atoms with Crippen molar-refractivity contribution in [3.8, 4) is 0 Å². The Morgan fingerprint density at radius 2 is 1.88 bits per heavy atom. The van der Waals surface area contributed by atoms with Crippen molar-refractivity contribution in [1.29, 1.82) is 0 Å². The summed E-state index contributed by atoms with van der Waals surface area (Å²) in [7, 11) is 0. The third-order valence-corrected chi connectivity index (χ3v) is 4.44. The van der Waals surface area contributed by atoms with Crippen LogP contribution in [-0.2, 0) is 10.5 Å². The SMILES string of the molecule is CC(C)(C)OC(=O)N1N=C(c2ccccc2)CC1(O)c1cccc(Br)c1. The lowest BCUT2D eigenvalue weighted by Crippen LogP contribution is -2.45. The predicted molar refractivity (Wildman–Crippen MR) is 104 cm³/mol. The van der Waals surface area contributed by atoms with Crippen LogP contribution >= 0.6 is 15.9 Å². The number of amides is 1. The van der Waals surface area contributed by atoms with Crippen LogP contribution in [0.3, 0.4) is 0 Å². The molecule has 0 aromatic heterocycles. The van der Waals surface area contributed by atoms with E-state index in [0.29, 0.717) is 11.3 Å². The monoisotopic (exact) mass is 416 g/mol. The molecule has 1 aliphatic heterocycles. The number of rotatable bonds is 2. The second-order valence-electron chi connectivity index (χ2n) is 7.21. The van der Waals surface area contributed by atoms with Gasteiger partial charge in [0.25, 0.3) is 0 Å².